The largest absolute Gasteiger partial charge is 0.452 e. The highest BCUT2D eigenvalue weighted by molar-refractivity contribution is 6.11. The third-order valence-corrected chi connectivity index (χ3v) is 3.72. The first-order valence-electron chi connectivity index (χ1n) is 7.94. The first-order chi connectivity index (χ1) is 12.6. The predicted molar refractivity (Wildman–Crippen MR) is 93.8 cm³/mol. The first kappa shape index (κ1) is 17.3. The summed E-state index contributed by atoms with van der Waals surface area (Å²) in [6.45, 7) is 1.51. The van der Waals surface area contributed by atoms with Gasteiger partial charge in [0, 0.05) is 12.7 Å². The zero-order valence-electron chi connectivity index (χ0n) is 14.4. The molecule has 0 bridgehead atoms. The van der Waals surface area contributed by atoms with E-state index in [1.807, 2.05) is 30.3 Å². The first-order valence-corrected chi connectivity index (χ1v) is 7.94. The lowest BCUT2D eigenvalue weighted by Gasteiger charge is -2.18. The van der Waals surface area contributed by atoms with Gasteiger partial charge in [-0.2, -0.15) is 4.98 Å². The molecule has 0 aliphatic heterocycles. The van der Waals surface area contributed by atoms with Crippen LogP contribution in [0, 0.1) is 6.92 Å². The van der Waals surface area contributed by atoms with Crippen molar-refractivity contribution in [2.75, 3.05) is 11.9 Å². The summed E-state index contributed by atoms with van der Waals surface area (Å²) >= 11 is 0. The van der Waals surface area contributed by atoms with Gasteiger partial charge in [0.05, 0.1) is 11.1 Å². The zero-order chi connectivity index (χ0) is 18.5. The van der Waals surface area contributed by atoms with Crippen molar-refractivity contribution in [1.29, 1.82) is 0 Å². The molecule has 0 saturated heterocycles. The Morgan fingerprint density at radius 1 is 1.04 bits per heavy atom. The summed E-state index contributed by atoms with van der Waals surface area (Å²) in [7, 11) is 1.65. The molecule has 1 amide bonds. The minimum absolute atomic E-state index is 0.156. The number of ether oxygens (including phenoxy) is 1. The van der Waals surface area contributed by atoms with E-state index in [4.69, 9.17) is 9.26 Å². The van der Waals surface area contributed by atoms with Crippen LogP contribution >= 0.6 is 0 Å². The van der Waals surface area contributed by atoms with Crippen molar-refractivity contribution in [2.45, 2.75) is 13.5 Å². The lowest BCUT2D eigenvalue weighted by Crippen LogP contribution is -2.28. The number of carbonyl (C=O) groups is 2. The maximum atomic E-state index is 12.8. The number of carbonyl (C=O) groups excluding carboxylic acids is 2. The molecule has 26 heavy (non-hydrogen) atoms. The number of hydrogen-bond donors (Lipinski definition) is 0. The Morgan fingerprint density at radius 3 is 2.35 bits per heavy atom. The van der Waals surface area contributed by atoms with Crippen LogP contribution in [0.4, 0.5) is 5.69 Å². The van der Waals surface area contributed by atoms with Gasteiger partial charge in [0.25, 0.3) is 11.8 Å². The molecule has 132 valence electrons. The summed E-state index contributed by atoms with van der Waals surface area (Å²) in [4.78, 5) is 30.7. The highest BCUT2D eigenvalue weighted by Gasteiger charge is 2.21. The van der Waals surface area contributed by atoms with Gasteiger partial charge in [-0.05, 0) is 31.2 Å². The second kappa shape index (κ2) is 7.60. The van der Waals surface area contributed by atoms with E-state index >= 15 is 0 Å². The topological polar surface area (TPSA) is 85.5 Å². The van der Waals surface area contributed by atoms with Crippen LogP contribution in [0.15, 0.2) is 59.1 Å². The highest BCUT2D eigenvalue weighted by Crippen LogP contribution is 2.18. The number of amides is 1. The van der Waals surface area contributed by atoms with Gasteiger partial charge < -0.3 is 14.2 Å². The zero-order valence-corrected chi connectivity index (χ0v) is 14.4. The van der Waals surface area contributed by atoms with E-state index in [1.165, 1.54) is 4.90 Å². The van der Waals surface area contributed by atoms with Crippen LogP contribution < -0.4 is 4.90 Å². The molecule has 0 N–H and O–H groups in total. The van der Waals surface area contributed by atoms with Crippen LogP contribution in [0.5, 0.6) is 0 Å². The van der Waals surface area contributed by atoms with Crippen molar-refractivity contribution in [3.8, 4) is 0 Å². The maximum Gasteiger partial charge on any atom is 0.339 e. The van der Waals surface area contributed by atoms with E-state index in [0.717, 1.165) is 5.69 Å². The molecule has 7 heteroatoms. The number of para-hydroxylation sites is 1. The summed E-state index contributed by atoms with van der Waals surface area (Å²) in [5.74, 6) is -0.291. The second-order valence-electron chi connectivity index (χ2n) is 5.56. The maximum absolute atomic E-state index is 12.8. The SMILES string of the molecule is Cc1noc(COC(=O)c2ccccc2C(=O)N(C)c2ccccc2)n1. The summed E-state index contributed by atoms with van der Waals surface area (Å²) < 4.78 is 10.1. The fraction of sp³-hybridized carbons (Fsp3) is 0.158. The number of esters is 1. The molecule has 0 aliphatic carbocycles. The van der Waals surface area contributed by atoms with E-state index in [0.29, 0.717) is 5.82 Å². The molecule has 1 aromatic heterocycles. The van der Waals surface area contributed by atoms with Crippen molar-refractivity contribution >= 4 is 17.6 Å². The standard InChI is InChI=1S/C19H17N3O4/c1-13-20-17(26-21-13)12-25-19(24)16-11-7-6-10-15(16)18(23)22(2)14-8-4-3-5-9-14/h3-11H,12H2,1-2H3. The van der Waals surface area contributed by atoms with Crippen LogP contribution in [0.3, 0.4) is 0 Å². The molecule has 0 fully saturated rings. The van der Waals surface area contributed by atoms with Gasteiger partial charge in [-0.1, -0.05) is 35.5 Å². The Balaban J connectivity index is 1.78. The number of aromatic nitrogens is 2. The molecule has 2 aromatic carbocycles. The monoisotopic (exact) mass is 351 g/mol. The molecule has 0 saturated carbocycles. The summed E-state index contributed by atoms with van der Waals surface area (Å²) in [6, 6.07) is 15.7. The average molecular weight is 351 g/mol. The normalized spacial score (nSPS) is 10.4. The number of hydrogen-bond acceptors (Lipinski definition) is 6. The van der Waals surface area contributed by atoms with Gasteiger partial charge in [0.15, 0.2) is 12.4 Å². The van der Waals surface area contributed by atoms with Gasteiger partial charge >= 0.3 is 5.97 Å². The van der Waals surface area contributed by atoms with Crippen molar-refractivity contribution in [2.24, 2.45) is 0 Å². The lowest BCUT2D eigenvalue weighted by atomic mass is 10.1. The van der Waals surface area contributed by atoms with E-state index < -0.39 is 5.97 Å². The third-order valence-electron chi connectivity index (χ3n) is 3.72. The molecule has 0 radical (unpaired) electrons. The summed E-state index contributed by atoms with van der Waals surface area (Å²) in [6.07, 6.45) is 0. The van der Waals surface area contributed by atoms with E-state index in [9.17, 15) is 9.59 Å². The molecule has 0 aliphatic rings. The van der Waals surface area contributed by atoms with E-state index in [-0.39, 0.29) is 29.5 Å². The van der Waals surface area contributed by atoms with Gasteiger partial charge in [-0.25, -0.2) is 4.79 Å². The van der Waals surface area contributed by atoms with Crippen molar-refractivity contribution in [3.63, 3.8) is 0 Å². The number of aryl methyl sites for hydroxylation is 1. The van der Waals surface area contributed by atoms with Gasteiger partial charge in [0.2, 0.25) is 0 Å². The third kappa shape index (κ3) is 3.77. The predicted octanol–water partition coefficient (Wildman–Crippen LogP) is 3.01. The van der Waals surface area contributed by atoms with Crippen LogP contribution in [-0.2, 0) is 11.3 Å². The van der Waals surface area contributed by atoms with Crippen LogP contribution in [0.25, 0.3) is 0 Å². The molecule has 3 rings (SSSR count). The van der Waals surface area contributed by atoms with Crippen molar-refractivity contribution in [3.05, 3.63) is 77.4 Å². The Bertz CT molecular complexity index is 921. The average Bonchev–Trinajstić information content (AvgIpc) is 3.11. The number of anilines is 1. The molecule has 3 aromatic rings. The molecular weight excluding hydrogens is 334 g/mol. The van der Waals surface area contributed by atoms with Crippen molar-refractivity contribution in [1.82, 2.24) is 10.1 Å². The highest BCUT2D eigenvalue weighted by atomic mass is 16.6. The van der Waals surface area contributed by atoms with Gasteiger partial charge in [-0.15, -0.1) is 0 Å². The quantitative estimate of drug-likeness (QED) is 0.657. The molecule has 7 nitrogen and oxygen atoms in total. The number of rotatable bonds is 5. The van der Waals surface area contributed by atoms with E-state index in [1.54, 1.807) is 38.2 Å². The molecule has 0 spiro atoms. The minimum atomic E-state index is -0.633. The minimum Gasteiger partial charge on any atom is -0.452 e. The number of nitrogens with zero attached hydrogens (tertiary/aromatic N) is 3. The smallest absolute Gasteiger partial charge is 0.339 e. The Kier molecular flexibility index (Phi) is 5.07. The molecule has 0 unspecified atom stereocenters. The molecule has 0 atom stereocenters. The van der Waals surface area contributed by atoms with Crippen LogP contribution in [-0.4, -0.2) is 29.1 Å². The van der Waals surface area contributed by atoms with Crippen LogP contribution in [0.2, 0.25) is 0 Å². The van der Waals surface area contributed by atoms with Gasteiger partial charge in [-0.3, -0.25) is 4.79 Å². The van der Waals surface area contributed by atoms with E-state index in [2.05, 4.69) is 10.1 Å². The van der Waals surface area contributed by atoms with Crippen LogP contribution in [0.1, 0.15) is 32.4 Å². The number of benzene rings is 2. The molecular formula is C19H17N3O4. The summed E-state index contributed by atoms with van der Waals surface area (Å²) in [5, 5.41) is 3.63. The van der Waals surface area contributed by atoms with Crippen molar-refractivity contribution < 1.29 is 18.8 Å². The Hall–Kier alpha value is -3.48. The Labute approximate surface area is 150 Å². The fourth-order valence-electron chi connectivity index (χ4n) is 2.40. The lowest BCUT2D eigenvalue weighted by molar-refractivity contribution is 0.0427. The Morgan fingerprint density at radius 2 is 1.69 bits per heavy atom. The second-order valence-corrected chi connectivity index (χ2v) is 5.56. The summed E-state index contributed by atoms with van der Waals surface area (Å²) in [5.41, 5.74) is 1.16. The van der Waals surface area contributed by atoms with Gasteiger partial charge in [0.1, 0.15) is 0 Å². The fourth-order valence-corrected chi connectivity index (χ4v) is 2.40. The molecule has 1 heterocycles.